The number of carbonyl (C=O) groups is 1. The van der Waals surface area contributed by atoms with Crippen molar-refractivity contribution >= 4 is 34.0 Å². The van der Waals surface area contributed by atoms with Gasteiger partial charge < -0.3 is 4.74 Å². The second-order valence-electron chi connectivity index (χ2n) is 9.75. The third-order valence-corrected chi connectivity index (χ3v) is 7.91. The van der Waals surface area contributed by atoms with Crippen LogP contribution in [0.1, 0.15) is 56.3 Å². The van der Waals surface area contributed by atoms with E-state index in [1.54, 1.807) is 0 Å². The largest absolute Gasteiger partial charge is 0.486 e. The van der Waals surface area contributed by atoms with E-state index in [1.807, 2.05) is 47.0 Å². The van der Waals surface area contributed by atoms with Crippen LogP contribution in [0.5, 0.6) is 5.75 Å². The molecule has 0 saturated heterocycles. The molecule has 0 amide bonds. The molecule has 1 saturated carbocycles. The number of hydrazone groups is 1. The number of ketones is 1. The molecule has 0 bridgehead atoms. The van der Waals surface area contributed by atoms with Crippen LogP contribution in [-0.2, 0) is 11.4 Å². The monoisotopic (exact) mass is 570 g/mol. The first-order valence-electron chi connectivity index (χ1n) is 13.5. The van der Waals surface area contributed by atoms with Crippen LogP contribution in [0.3, 0.4) is 0 Å². The number of anilines is 1. The summed E-state index contributed by atoms with van der Waals surface area (Å²) in [5, 5.41) is 24.5. The maximum atomic E-state index is 12.5. The Morgan fingerprint density at radius 3 is 2.39 bits per heavy atom. The van der Waals surface area contributed by atoms with Gasteiger partial charge in [-0.25, -0.2) is 0 Å². The molecule has 11 heteroatoms. The lowest BCUT2D eigenvalue weighted by molar-refractivity contribution is -0.384. The Labute approximate surface area is 242 Å². The molecule has 1 heterocycles. The van der Waals surface area contributed by atoms with Gasteiger partial charge in [0.2, 0.25) is 5.16 Å². The van der Waals surface area contributed by atoms with Gasteiger partial charge in [-0.3, -0.25) is 24.9 Å². The molecule has 1 aromatic heterocycles. The van der Waals surface area contributed by atoms with Gasteiger partial charge in [0.1, 0.15) is 12.4 Å². The molecule has 210 valence electrons. The molecule has 10 nitrogen and oxygen atoms in total. The first-order chi connectivity index (χ1) is 20.0. The van der Waals surface area contributed by atoms with Crippen LogP contribution in [0.25, 0.3) is 5.69 Å². The summed E-state index contributed by atoms with van der Waals surface area (Å²) in [6, 6.07) is 23.7. The van der Waals surface area contributed by atoms with Crippen LogP contribution < -0.4 is 10.2 Å². The third kappa shape index (κ3) is 7.17. The highest BCUT2D eigenvalue weighted by molar-refractivity contribution is 8.15. The lowest BCUT2D eigenvalue weighted by atomic mass is 9.84. The number of non-ortho nitro benzene ring substituents is 1. The van der Waals surface area contributed by atoms with Gasteiger partial charge in [0.05, 0.1) is 10.6 Å². The summed E-state index contributed by atoms with van der Waals surface area (Å²) in [5.74, 6) is 1.68. The van der Waals surface area contributed by atoms with Crippen molar-refractivity contribution in [3.05, 3.63) is 100 Å². The highest BCUT2D eigenvalue weighted by Gasteiger charge is 2.20. The highest BCUT2D eigenvalue weighted by atomic mass is 32.2. The Bertz CT molecular complexity index is 1520. The lowest BCUT2D eigenvalue weighted by Crippen LogP contribution is -2.11. The zero-order chi connectivity index (χ0) is 28.6. The molecule has 1 N–H and O–H groups in total. The fourth-order valence-corrected chi connectivity index (χ4v) is 5.54. The van der Waals surface area contributed by atoms with Crippen LogP contribution in [0.15, 0.2) is 89.1 Å². The minimum Gasteiger partial charge on any atom is -0.486 e. The Kier molecular flexibility index (Phi) is 9.05. The highest BCUT2D eigenvalue weighted by Crippen LogP contribution is 2.33. The summed E-state index contributed by atoms with van der Waals surface area (Å²) in [7, 11) is 0. The summed E-state index contributed by atoms with van der Waals surface area (Å²) in [4.78, 5) is 22.9. The van der Waals surface area contributed by atoms with Gasteiger partial charge in [-0.2, -0.15) is 5.10 Å². The van der Waals surface area contributed by atoms with Gasteiger partial charge in [0, 0.05) is 24.7 Å². The Balaban J connectivity index is 1.33. The van der Waals surface area contributed by atoms with Crippen LogP contribution in [0.2, 0.25) is 0 Å². The first-order valence-corrected chi connectivity index (χ1v) is 14.3. The number of hydrogen-bond acceptors (Lipinski definition) is 9. The van der Waals surface area contributed by atoms with Gasteiger partial charge in [0.25, 0.3) is 5.69 Å². The standard InChI is InChI=1S/C30H30N6O4S/c1-21(37)29(33-31-24-14-16-26(17-15-24)36(38)39)41-30-34-32-28(35(30)25-10-6-3-7-11-25)20-40-27-18-12-23(13-19-27)22-8-4-2-5-9-22/h3,6-7,10-19,22,31H,2,4-5,8-9,20H2,1H3/b33-29+. The number of aromatic nitrogens is 3. The van der Waals surface area contributed by atoms with Crippen LogP contribution in [0, 0.1) is 10.1 Å². The van der Waals surface area contributed by atoms with Gasteiger partial charge in [-0.05, 0) is 72.5 Å². The molecule has 1 aliphatic rings. The number of carbonyl (C=O) groups excluding carboxylic acids is 1. The maximum Gasteiger partial charge on any atom is 0.269 e. The molecule has 3 aromatic carbocycles. The molecule has 1 aliphatic carbocycles. The van der Waals surface area contributed by atoms with E-state index in [-0.39, 0.29) is 23.1 Å². The van der Waals surface area contributed by atoms with Gasteiger partial charge in [0.15, 0.2) is 16.7 Å². The number of hydrogen-bond donors (Lipinski definition) is 1. The normalized spacial score (nSPS) is 14.0. The van der Waals surface area contributed by atoms with E-state index in [0.29, 0.717) is 22.6 Å². The first kappa shape index (κ1) is 28.0. The molecule has 0 atom stereocenters. The number of ether oxygens (including phenoxy) is 1. The van der Waals surface area contributed by atoms with Gasteiger partial charge >= 0.3 is 0 Å². The zero-order valence-electron chi connectivity index (χ0n) is 22.6. The molecular weight excluding hydrogens is 540 g/mol. The second-order valence-corrected chi connectivity index (χ2v) is 10.7. The third-order valence-electron chi connectivity index (χ3n) is 6.89. The number of nitrogens with one attached hydrogen (secondary N) is 1. The Morgan fingerprint density at radius 2 is 1.73 bits per heavy atom. The summed E-state index contributed by atoms with van der Waals surface area (Å²) in [6.45, 7) is 1.59. The van der Waals surface area contributed by atoms with Crippen molar-refractivity contribution in [3.63, 3.8) is 0 Å². The number of benzene rings is 3. The molecule has 0 spiro atoms. The van der Waals surface area contributed by atoms with E-state index in [2.05, 4.69) is 32.9 Å². The molecule has 1 fully saturated rings. The van der Waals surface area contributed by atoms with Crippen molar-refractivity contribution < 1.29 is 14.5 Å². The second kappa shape index (κ2) is 13.2. The minimum absolute atomic E-state index is 0.0356. The summed E-state index contributed by atoms with van der Waals surface area (Å²) in [6.07, 6.45) is 6.41. The van der Waals surface area contributed by atoms with E-state index in [9.17, 15) is 14.9 Å². The zero-order valence-corrected chi connectivity index (χ0v) is 23.4. The smallest absolute Gasteiger partial charge is 0.269 e. The van der Waals surface area contributed by atoms with Crippen molar-refractivity contribution in [2.75, 3.05) is 5.43 Å². The molecular formula is C30H30N6O4S. The molecule has 0 aliphatic heterocycles. The number of rotatable bonds is 10. The average molecular weight is 571 g/mol. The average Bonchev–Trinajstić information content (AvgIpc) is 3.41. The number of nitro benzene ring substituents is 1. The van der Waals surface area contributed by atoms with E-state index in [1.165, 1.54) is 68.9 Å². The van der Waals surface area contributed by atoms with Crippen LogP contribution >= 0.6 is 11.8 Å². The van der Waals surface area contributed by atoms with Gasteiger partial charge in [-0.15, -0.1) is 10.2 Å². The molecule has 0 radical (unpaired) electrons. The maximum absolute atomic E-state index is 12.5. The number of Topliss-reactive ketones (excluding diaryl/α,β-unsaturated/α-hetero) is 1. The summed E-state index contributed by atoms with van der Waals surface area (Å²) < 4.78 is 7.94. The van der Waals surface area contributed by atoms with Crippen molar-refractivity contribution in [3.8, 4) is 11.4 Å². The SMILES string of the molecule is CC(=O)/C(=N\Nc1ccc([N+](=O)[O-])cc1)Sc1nnc(COc2ccc(C3CCCCC3)cc2)n1-c1ccccc1. The summed E-state index contributed by atoms with van der Waals surface area (Å²) >= 11 is 1.07. The van der Waals surface area contributed by atoms with Crippen molar-refractivity contribution in [1.29, 1.82) is 0 Å². The number of nitro groups is 1. The van der Waals surface area contributed by atoms with Crippen molar-refractivity contribution in [1.82, 2.24) is 14.8 Å². The van der Waals surface area contributed by atoms with E-state index in [4.69, 9.17) is 4.74 Å². The fraction of sp³-hybridized carbons (Fsp3) is 0.267. The molecule has 4 aromatic rings. The van der Waals surface area contributed by atoms with Crippen molar-refractivity contribution in [2.24, 2.45) is 5.10 Å². The summed E-state index contributed by atoms with van der Waals surface area (Å²) in [5.41, 5.74) is 5.44. The number of para-hydroxylation sites is 1. The predicted molar refractivity (Wildman–Crippen MR) is 159 cm³/mol. The molecule has 0 unspecified atom stereocenters. The number of nitrogens with zero attached hydrogens (tertiary/aromatic N) is 5. The van der Waals surface area contributed by atoms with Gasteiger partial charge in [-0.1, -0.05) is 49.6 Å². The molecule has 5 rings (SSSR count). The fourth-order valence-electron chi connectivity index (χ4n) is 4.75. The van der Waals surface area contributed by atoms with E-state index < -0.39 is 4.92 Å². The van der Waals surface area contributed by atoms with Crippen molar-refractivity contribution in [2.45, 2.75) is 56.7 Å². The van der Waals surface area contributed by atoms with Crippen LogP contribution in [0.4, 0.5) is 11.4 Å². The Morgan fingerprint density at radius 1 is 1.02 bits per heavy atom. The lowest BCUT2D eigenvalue weighted by Gasteiger charge is -2.22. The van der Waals surface area contributed by atoms with E-state index in [0.717, 1.165) is 23.2 Å². The minimum atomic E-state index is -0.478. The Hall–Kier alpha value is -4.51. The quantitative estimate of drug-likeness (QED) is 0.0717. The topological polar surface area (TPSA) is 125 Å². The predicted octanol–water partition coefficient (Wildman–Crippen LogP) is 6.91. The molecule has 41 heavy (non-hydrogen) atoms. The number of thioether (sulfide) groups is 1. The van der Waals surface area contributed by atoms with E-state index >= 15 is 0 Å². The van der Waals surface area contributed by atoms with Crippen LogP contribution in [-0.4, -0.2) is 30.5 Å².